The van der Waals surface area contributed by atoms with Gasteiger partial charge < -0.3 is 5.32 Å². The molecule has 0 radical (unpaired) electrons. The summed E-state index contributed by atoms with van der Waals surface area (Å²) in [4.78, 5) is 11.5. The van der Waals surface area contributed by atoms with Gasteiger partial charge in [0, 0.05) is 21.8 Å². The van der Waals surface area contributed by atoms with Gasteiger partial charge in [-0.05, 0) is 38.1 Å². The van der Waals surface area contributed by atoms with E-state index in [9.17, 15) is 0 Å². The summed E-state index contributed by atoms with van der Waals surface area (Å²) in [5.74, 6) is 1.44. The van der Waals surface area contributed by atoms with E-state index in [1.165, 1.54) is 4.88 Å². The number of hydrogen-bond donors (Lipinski definition) is 1. The van der Waals surface area contributed by atoms with Crippen molar-refractivity contribution in [3.05, 3.63) is 39.2 Å². The third-order valence-electron chi connectivity index (χ3n) is 3.02. The van der Waals surface area contributed by atoms with Crippen molar-refractivity contribution in [1.82, 2.24) is 9.97 Å². The average molecular weight is 338 g/mol. The Morgan fingerprint density at radius 2 is 2.00 bits per heavy atom. The van der Waals surface area contributed by atoms with Crippen LogP contribution in [0.15, 0.2) is 24.3 Å². The van der Waals surface area contributed by atoms with Crippen molar-refractivity contribution in [2.75, 3.05) is 11.9 Å². The Morgan fingerprint density at radius 3 is 2.67 bits per heavy atom. The Bertz CT molecular complexity index is 814. The van der Waals surface area contributed by atoms with Crippen LogP contribution in [0.5, 0.6) is 0 Å². The topological polar surface area (TPSA) is 37.8 Å². The van der Waals surface area contributed by atoms with Crippen LogP contribution in [-0.2, 0) is 0 Å². The van der Waals surface area contributed by atoms with Gasteiger partial charge in [-0.1, -0.05) is 23.2 Å². The van der Waals surface area contributed by atoms with Gasteiger partial charge in [0.25, 0.3) is 0 Å². The first kappa shape index (κ1) is 14.6. The van der Waals surface area contributed by atoms with Crippen molar-refractivity contribution < 1.29 is 0 Å². The lowest BCUT2D eigenvalue weighted by atomic mass is 10.2. The largest absolute Gasteiger partial charge is 0.370 e. The summed E-state index contributed by atoms with van der Waals surface area (Å²) < 4.78 is 0. The van der Waals surface area contributed by atoms with Gasteiger partial charge in [0.1, 0.15) is 5.82 Å². The normalized spacial score (nSPS) is 11.0. The average Bonchev–Trinajstić information content (AvgIpc) is 2.86. The number of anilines is 1. The maximum atomic E-state index is 6.30. The molecule has 0 saturated carbocycles. The molecule has 0 saturated heterocycles. The number of hydrogen-bond acceptors (Lipinski definition) is 4. The highest BCUT2D eigenvalue weighted by atomic mass is 35.5. The second kappa shape index (κ2) is 5.79. The fraction of sp³-hybridized carbons (Fsp3) is 0.200. The zero-order valence-corrected chi connectivity index (χ0v) is 13.9. The van der Waals surface area contributed by atoms with Crippen LogP contribution in [-0.4, -0.2) is 16.5 Å². The molecule has 1 N–H and O–H groups in total. The van der Waals surface area contributed by atoms with Crippen molar-refractivity contribution in [3.63, 3.8) is 0 Å². The lowest BCUT2D eigenvalue weighted by molar-refractivity contribution is 1.15. The third kappa shape index (κ3) is 2.84. The molecule has 0 bridgehead atoms. The maximum Gasteiger partial charge on any atom is 0.172 e. The Kier molecular flexibility index (Phi) is 4.02. The predicted octanol–water partition coefficient (Wildman–Crippen LogP) is 5.41. The monoisotopic (exact) mass is 337 g/mol. The summed E-state index contributed by atoms with van der Waals surface area (Å²) in [5.41, 5.74) is 0.716. The highest BCUT2D eigenvalue weighted by Crippen LogP contribution is 2.34. The van der Waals surface area contributed by atoms with Crippen molar-refractivity contribution in [2.45, 2.75) is 13.8 Å². The minimum absolute atomic E-state index is 0.536. The number of nitrogens with zero attached hydrogens (tertiary/aromatic N) is 2. The molecule has 1 aromatic carbocycles. The van der Waals surface area contributed by atoms with Crippen LogP contribution < -0.4 is 5.32 Å². The van der Waals surface area contributed by atoms with E-state index in [2.05, 4.69) is 28.3 Å². The predicted molar refractivity (Wildman–Crippen MR) is 91.8 cm³/mol. The molecule has 2 aromatic heterocycles. The molecule has 3 aromatic rings. The molecule has 0 amide bonds. The van der Waals surface area contributed by atoms with Crippen LogP contribution in [0.4, 0.5) is 5.82 Å². The molecule has 0 aliphatic rings. The molecule has 0 spiro atoms. The first-order chi connectivity index (χ1) is 10.1. The number of halogens is 2. The molecule has 0 atom stereocenters. The summed E-state index contributed by atoms with van der Waals surface area (Å²) in [6, 6.07) is 7.63. The van der Waals surface area contributed by atoms with E-state index in [0.717, 1.165) is 22.6 Å². The number of thiophene rings is 1. The molecule has 3 nitrogen and oxygen atoms in total. The first-order valence-corrected chi connectivity index (χ1v) is 8.13. The van der Waals surface area contributed by atoms with Crippen LogP contribution >= 0.6 is 34.5 Å². The Labute approximate surface area is 137 Å². The SMILES string of the molecule is CCNc1nc(-c2ccc(C)s2)nc2c(Cl)cc(Cl)cc12. The Hall–Kier alpha value is -1.36. The molecule has 3 rings (SSSR count). The maximum absolute atomic E-state index is 6.30. The highest BCUT2D eigenvalue weighted by Gasteiger charge is 2.13. The quantitative estimate of drug-likeness (QED) is 0.694. The summed E-state index contributed by atoms with van der Waals surface area (Å²) in [5, 5.41) is 5.21. The minimum atomic E-state index is 0.536. The molecule has 0 unspecified atom stereocenters. The Balaban J connectivity index is 2.28. The van der Waals surface area contributed by atoms with Gasteiger partial charge in [-0.3, -0.25) is 0 Å². The third-order valence-corrected chi connectivity index (χ3v) is 4.53. The number of aromatic nitrogens is 2. The smallest absolute Gasteiger partial charge is 0.172 e. The van der Waals surface area contributed by atoms with Crippen molar-refractivity contribution >= 4 is 51.3 Å². The number of fused-ring (bicyclic) bond motifs is 1. The summed E-state index contributed by atoms with van der Waals surface area (Å²) in [7, 11) is 0. The van der Waals surface area contributed by atoms with Gasteiger partial charge in [-0.15, -0.1) is 11.3 Å². The molecule has 0 fully saturated rings. The second-order valence-corrected chi connectivity index (χ2v) is 6.75. The molecular weight excluding hydrogens is 325 g/mol. The minimum Gasteiger partial charge on any atom is -0.370 e. The summed E-state index contributed by atoms with van der Waals surface area (Å²) in [6.07, 6.45) is 0. The number of nitrogens with one attached hydrogen (secondary N) is 1. The van der Waals surface area contributed by atoms with Crippen molar-refractivity contribution in [1.29, 1.82) is 0 Å². The number of rotatable bonds is 3. The summed E-state index contributed by atoms with van der Waals surface area (Å²) >= 11 is 14.1. The highest BCUT2D eigenvalue weighted by molar-refractivity contribution is 7.15. The van der Waals surface area contributed by atoms with E-state index in [0.29, 0.717) is 21.4 Å². The molecule has 6 heteroatoms. The van der Waals surface area contributed by atoms with Crippen LogP contribution in [0, 0.1) is 6.92 Å². The number of aryl methyl sites for hydroxylation is 1. The molecule has 0 aliphatic carbocycles. The van der Waals surface area contributed by atoms with Crippen LogP contribution in [0.1, 0.15) is 11.8 Å². The van der Waals surface area contributed by atoms with E-state index >= 15 is 0 Å². The number of benzene rings is 1. The molecular formula is C15H13Cl2N3S. The van der Waals surface area contributed by atoms with Gasteiger partial charge >= 0.3 is 0 Å². The van der Waals surface area contributed by atoms with E-state index in [1.807, 2.05) is 19.1 Å². The fourth-order valence-electron chi connectivity index (χ4n) is 2.12. The molecule has 0 aliphatic heterocycles. The van der Waals surface area contributed by atoms with Gasteiger partial charge in [-0.2, -0.15) is 0 Å². The van der Waals surface area contributed by atoms with Crippen LogP contribution in [0.3, 0.4) is 0 Å². The summed E-state index contributed by atoms with van der Waals surface area (Å²) in [6.45, 7) is 4.85. The van der Waals surface area contributed by atoms with E-state index in [4.69, 9.17) is 23.2 Å². The van der Waals surface area contributed by atoms with Crippen molar-refractivity contribution in [2.24, 2.45) is 0 Å². The lowest BCUT2D eigenvalue weighted by Crippen LogP contribution is -2.02. The van der Waals surface area contributed by atoms with Gasteiger partial charge in [0.05, 0.1) is 15.4 Å². The lowest BCUT2D eigenvalue weighted by Gasteiger charge is -2.10. The van der Waals surface area contributed by atoms with Crippen molar-refractivity contribution in [3.8, 4) is 10.7 Å². The molecule has 21 heavy (non-hydrogen) atoms. The fourth-order valence-corrected chi connectivity index (χ4v) is 3.46. The zero-order valence-electron chi connectivity index (χ0n) is 11.6. The molecule has 108 valence electrons. The van der Waals surface area contributed by atoms with Gasteiger partial charge in [-0.25, -0.2) is 9.97 Å². The van der Waals surface area contributed by atoms with Gasteiger partial charge in [0.15, 0.2) is 5.82 Å². The zero-order chi connectivity index (χ0) is 15.0. The van der Waals surface area contributed by atoms with Crippen LogP contribution in [0.2, 0.25) is 10.0 Å². The second-order valence-electron chi connectivity index (χ2n) is 4.62. The van der Waals surface area contributed by atoms with E-state index in [-0.39, 0.29) is 0 Å². The van der Waals surface area contributed by atoms with Gasteiger partial charge in [0.2, 0.25) is 0 Å². The first-order valence-electron chi connectivity index (χ1n) is 6.56. The Morgan fingerprint density at radius 1 is 1.19 bits per heavy atom. The van der Waals surface area contributed by atoms with E-state index in [1.54, 1.807) is 17.4 Å². The van der Waals surface area contributed by atoms with Crippen LogP contribution in [0.25, 0.3) is 21.6 Å². The van der Waals surface area contributed by atoms with E-state index < -0.39 is 0 Å². The standard InChI is InChI=1S/C15H13Cl2N3S/c1-3-18-14-10-6-9(16)7-11(17)13(10)19-15(20-14)12-5-4-8(2)21-12/h4-7H,3H2,1-2H3,(H,18,19,20). The molecule has 2 heterocycles.